The predicted octanol–water partition coefficient (Wildman–Crippen LogP) is 2.03. The molecule has 6 nitrogen and oxygen atoms in total. The second kappa shape index (κ2) is 7.47. The number of carbonyl (C=O) groups excluding carboxylic acids is 2. The number of hydrogen-bond donors (Lipinski definition) is 2. The maximum atomic E-state index is 12.6. The van der Waals surface area contributed by atoms with E-state index in [9.17, 15) is 14.4 Å². The zero-order valence-corrected chi connectivity index (χ0v) is 14.3. The first-order chi connectivity index (χ1) is 11.3. The number of carbonyl (C=O) groups is 3. The molecule has 1 aromatic rings. The molecule has 0 aromatic heterocycles. The molecule has 130 valence electrons. The van der Waals surface area contributed by atoms with Crippen LogP contribution in [0, 0.1) is 19.8 Å². The van der Waals surface area contributed by atoms with Crippen LogP contribution in [0.1, 0.15) is 37.3 Å². The van der Waals surface area contributed by atoms with Gasteiger partial charge in [-0.1, -0.05) is 19.4 Å². The minimum absolute atomic E-state index is 0.266. The fourth-order valence-corrected chi connectivity index (χ4v) is 3.10. The molecule has 2 amide bonds. The van der Waals surface area contributed by atoms with Gasteiger partial charge in [0.2, 0.25) is 11.8 Å². The largest absolute Gasteiger partial charge is 0.480 e. The first kappa shape index (κ1) is 18.0. The highest BCUT2D eigenvalue weighted by Crippen LogP contribution is 2.27. The van der Waals surface area contributed by atoms with E-state index in [1.54, 1.807) is 4.90 Å². The van der Waals surface area contributed by atoms with Gasteiger partial charge in [-0.25, -0.2) is 4.79 Å². The summed E-state index contributed by atoms with van der Waals surface area (Å²) in [6.07, 6.45) is 1.39. The molecule has 0 spiro atoms. The minimum atomic E-state index is -1.07. The molecule has 0 aliphatic carbocycles. The van der Waals surface area contributed by atoms with Crippen molar-refractivity contribution in [2.75, 3.05) is 11.4 Å². The molecular weight excluding hydrogens is 308 g/mol. The van der Waals surface area contributed by atoms with Crippen LogP contribution in [-0.2, 0) is 14.4 Å². The van der Waals surface area contributed by atoms with Crippen LogP contribution in [0.25, 0.3) is 0 Å². The lowest BCUT2D eigenvalue weighted by Crippen LogP contribution is -2.45. The van der Waals surface area contributed by atoms with Crippen LogP contribution in [0.5, 0.6) is 0 Å². The molecule has 1 heterocycles. The second-order valence-corrected chi connectivity index (χ2v) is 6.37. The quantitative estimate of drug-likeness (QED) is 0.780. The molecule has 0 bridgehead atoms. The number of carboxylic acids is 1. The van der Waals surface area contributed by atoms with Crippen molar-refractivity contribution in [2.24, 2.45) is 5.92 Å². The van der Waals surface area contributed by atoms with E-state index >= 15 is 0 Å². The van der Waals surface area contributed by atoms with E-state index in [4.69, 9.17) is 5.11 Å². The van der Waals surface area contributed by atoms with E-state index in [0.717, 1.165) is 16.8 Å². The van der Waals surface area contributed by atoms with Crippen molar-refractivity contribution >= 4 is 23.5 Å². The monoisotopic (exact) mass is 332 g/mol. The average molecular weight is 332 g/mol. The summed E-state index contributed by atoms with van der Waals surface area (Å²) in [5.41, 5.74) is 2.90. The zero-order chi connectivity index (χ0) is 17.9. The molecule has 1 fully saturated rings. The number of nitrogens with one attached hydrogen (secondary N) is 1. The molecule has 2 rings (SSSR count). The van der Waals surface area contributed by atoms with Crippen LogP contribution in [0.3, 0.4) is 0 Å². The van der Waals surface area contributed by atoms with Crippen molar-refractivity contribution in [3.63, 3.8) is 0 Å². The number of nitrogens with zero attached hydrogens (tertiary/aromatic N) is 1. The highest BCUT2D eigenvalue weighted by molar-refractivity contribution is 6.10. The van der Waals surface area contributed by atoms with E-state index in [-0.39, 0.29) is 5.91 Å². The smallest absolute Gasteiger partial charge is 0.326 e. The standard InChI is InChI=1S/C18H24N2O4/c1-4-5-15(18(23)24)19-16(21)14-6-7-20(17(14)22)13-9-11(2)8-12(3)10-13/h8-10,14-15H,4-7H2,1-3H3,(H,19,21)(H,23,24). The fourth-order valence-electron chi connectivity index (χ4n) is 3.10. The first-order valence-corrected chi connectivity index (χ1v) is 8.26. The summed E-state index contributed by atoms with van der Waals surface area (Å²) in [5.74, 6) is -2.64. The molecule has 2 N–H and O–H groups in total. The van der Waals surface area contributed by atoms with Gasteiger partial charge in [-0.2, -0.15) is 0 Å². The Morgan fingerprint density at radius 2 is 1.92 bits per heavy atom. The molecule has 1 aromatic carbocycles. The van der Waals surface area contributed by atoms with Gasteiger partial charge in [-0.3, -0.25) is 9.59 Å². The van der Waals surface area contributed by atoms with Crippen molar-refractivity contribution in [3.8, 4) is 0 Å². The topological polar surface area (TPSA) is 86.7 Å². The third kappa shape index (κ3) is 3.93. The average Bonchev–Trinajstić information content (AvgIpc) is 2.87. The lowest BCUT2D eigenvalue weighted by molar-refractivity contribution is -0.143. The van der Waals surface area contributed by atoms with Gasteiger partial charge in [0.15, 0.2) is 0 Å². The summed E-state index contributed by atoms with van der Waals surface area (Å²) in [6, 6.07) is 4.92. The molecule has 1 aliphatic heterocycles. The number of amides is 2. The number of aliphatic carboxylic acids is 1. The molecule has 6 heteroatoms. The van der Waals surface area contributed by atoms with E-state index in [2.05, 4.69) is 5.32 Å². The van der Waals surface area contributed by atoms with Gasteiger partial charge in [-0.15, -0.1) is 0 Å². The predicted molar refractivity (Wildman–Crippen MR) is 90.9 cm³/mol. The molecule has 1 aliphatic rings. The van der Waals surface area contributed by atoms with Crippen LogP contribution in [0.2, 0.25) is 0 Å². The first-order valence-electron chi connectivity index (χ1n) is 8.26. The minimum Gasteiger partial charge on any atom is -0.480 e. The summed E-state index contributed by atoms with van der Waals surface area (Å²) in [6.45, 7) is 6.24. The molecule has 1 saturated heterocycles. The number of carboxylic acid groups (broad SMARTS) is 1. The van der Waals surface area contributed by atoms with Crippen molar-refractivity contribution < 1.29 is 19.5 Å². The Morgan fingerprint density at radius 3 is 2.46 bits per heavy atom. The molecule has 0 saturated carbocycles. The maximum absolute atomic E-state index is 12.6. The van der Waals surface area contributed by atoms with Crippen LogP contribution in [-0.4, -0.2) is 35.5 Å². The summed E-state index contributed by atoms with van der Waals surface area (Å²) in [4.78, 5) is 37.7. The van der Waals surface area contributed by atoms with E-state index in [0.29, 0.717) is 25.8 Å². The number of anilines is 1. The Morgan fingerprint density at radius 1 is 1.29 bits per heavy atom. The van der Waals surface area contributed by atoms with E-state index < -0.39 is 23.8 Å². The van der Waals surface area contributed by atoms with Gasteiger partial charge < -0.3 is 15.3 Å². The highest BCUT2D eigenvalue weighted by Gasteiger charge is 2.38. The Labute approximate surface area is 141 Å². The Hall–Kier alpha value is -2.37. The van der Waals surface area contributed by atoms with Gasteiger partial charge in [0.1, 0.15) is 12.0 Å². The number of rotatable bonds is 6. The lowest BCUT2D eigenvalue weighted by atomic mass is 10.1. The maximum Gasteiger partial charge on any atom is 0.326 e. The van der Waals surface area contributed by atoms with Gasteiger partial charge in [0.25, 0.3) is 0 Å². The van der Waals surface area contributed by atoms with Crippen molar-refractivity contribution in [1.82, 2.24) is 5.32 Å². The number of benzene rings is 1. The summed E-state index contributed by atoms with van der Waals surface area (Å²) in [7, 11) is 0. The Balaban J connectivity index is 2.10. The van der Waals surface area contributed by atoms with Crippen molar-refractivity contribution in [3.05, 3.63) is 29.3 Å². The van der Waals surface area contributed by atoms with Gasteiger partial charge in [0.05, 0.1) is 0 Å². The molecule has 0 radical (unpaired) electrons. The van der Waals surface area contributed by atoms with Crippen molar-refractivity contribution in [1.29, 1.82) is 0 Å². The summed E-state index contributed by atoms with van der Waals surface area (Å²) < 4.78 is 0. The van der Waals surface area contributed by atoms with Gasteiger partial charge >= 0.3 is 5.97 Å². The summed E-state index contributed by atoms with van der Waals surface area (Å²) >= 11 is 0. The molecular formula is C18H24N2O4. The normalized spacial score (nSPS) is 18.5. The number of hydrogen-bond acceptors (Lipinski definition) is 3. The highest BCUT2D eigenvalue weighted by atomic mass is 16.4. The Bertz CT molecular complexity index is 636. The second-order valence-electron chi connectivity index (χ2n) is 6.37. The van der Waals surface area contributed by atoms with Gasteiger partial charge in [-0.05, 0) is 49.9 Å². The third-order valence-electron chi connectivity index (χ3n) is 4.23. The number of aryl methyl sites for hydroxylation is 2. The fraction of sp³-hybridized carbons (Fsp3) is 0.500. The van der Waals surface area contributed by atoms with Crippen molar-refractivity contribution in [2.45, 2.75) is 46.1 Å². The summed E-state index contributed by atoms with van der Waals surface area (Å²) in [5, 5.41) is 11.6. The molecule has 24 heavy (non-hydrogen) atoms. The zero-order valence-electron chi connectivity index (χ0n) is 14.3. The van der Waals surface area contributed by atoms with E-state index in [1.165, 1.54) is 0 Å². The van der Waals surface area contributed by atoms with Crippen LogP contribution in [0.15, 0.2) is 18.2 Å². The van der Waals surface area contributed by atoms with Gasteiger partial charge in [0, 0.05) is 12.2 Å². The SMILES string of the molecule is CCCC(NC(=O)C1CCN(c2cc(C)cc(C)c2)C1=O)C(=O)O. The van der Waals surface area contributed by atoms with E-state index in [1.807, 2.05) is 39.0 Å². The van der Waals surface area contributed by atoms with Crippen LogP contribution < -0.4 is 10.2 Å². The van der Waals surface area contributed by atoms with Crippen LogP contribution in [0.4, 0.5) is 5.69 Å². The van der Waals surface area contributed by atoms with Crippen LogP contribution >= 0.6 is 0 Å². The molecule has 2 unspecified atom stereocenters. The Kier molecular flexibility index (Phi) is 5.59. The molecule has 2 atom stereocenters. The lowest BCUT2D eigenvalue weighted by Gasteiger charge is -2.19. The third-order valence-corrected chi connectivity index (χ3v) is 4.23.